The number of anilines is 1. The molecule has 0 radical (unpaired) electrons. The third-order valence-electron chi connectivity index (χ3n) is 6.69. The predicted octanol–water partition coefficient (Wildman–Crippen LogP) is 3.07. The molecule has 3 aliphatic rings. The van der Waals surface area contributed by atoms with Gasteiger partial charge in [-0.05, 0) is 57.1 Å². The molecule has 0 aromatic heterocycles. The van der Waals surface area contributed by atoms with Crippen LogP contribution in [0.4, 0.5) is 5.69 Å². The molecule has 0 spiro atoms. The number of nitrogens with zero attached hydrogens (tertiary/aromatic N) is 2. The van der Waals surface area contributed by atoms with Gasteiger partial charge in [-0.3, -0.25) is 19.3 Å². The summed E-state index contributed by atoms with van der Waals surface area (Å²) in [5.41, 5.74) is 0.537. The van der Waals surface area contributed by atoms with Crippen LogP contribution in [-0.2, 0) is 9.59 Å². The number of fused-ring (bicyclic) bond motifs is 3. The van der Waals surface area contributed by atoms with Gasteiger partial charge in [0.1, 0.15) is 5.66 Å². The molecule has 2 fully saturated rings. The van der Waals surface area contributed by atoms with Crippen molar-refractivity contribution in [3.63, 3.8) is 0 Å². The van der Waals surface area contributed by atoms with Crippen LogP contribution in [0.1, 0.15) is 69.2 Å². The molecule has 3 amide bonds. The lowest BCUT2D eigenvalue weighted by Gasteiger charge is -2.48. The summed E-state index contributed by atoms with van der Waals surface area (Å²) in [6.45, 7) is 4.52. The Labute approximate surface area is 166 Å². The largest absolute Gasteiger partial charge is 0.353 e. The van der Waals surface area contributed by atoms with Crippen molar-refractivity contribution in [1.29, 1.82) is 0 Å². The highest BCUT2D eigenvalue weighted by Crippen LogP contribution is 2.43. The van der Waals surface area contributed by atoms with Crippen molar-refractivity contribution in [2.45, 2.75) is 70.5 Å². The van der Waals surface area contributed by atoms with Crippen molar-refractivity contribution in [3.05, 3.63) is 29.8 Å². The number of rotatable bonds is 4. The van der Waals surface area contributed by atoms with Crippen molar-refractivity contribution >= 4 is 23.4 Å². The molecule has 2 aliphatic heterocycles. The molecule has 6 nitrogen and oxygen atoms in total. The van der Waals surface area contributed by atoms with Gasteiger partial charge in [-0.25, -0.2) is 0 Å². The summed E-state index contributed by atoms with van der Waals surface area (Å²) in [7, 11) is 0. The zero-order valence-corrected chi connectivity index (χ0v) is 16.7. The van der Waals surface area contributed by atoms with Crippen LogP contribution in [0.25, 0.3) is 0 Å². The molecular weight excluding hydrogens is 354 g/mol. The maximum absolute atomic E-state index is 13.2. The van der Waals surface area contributed by atoms with E-state index in [1.54, 1.807) is 15.9 Å². The first kappa shape index (κ1) is 19.0. The zero-order valence-electron chi connectivity index (χ0n) is 16.7. The van der Waals surface area contributed by atoms with Gasteiger partial charge in [0.05, 0.1) is 11.3 Å². The predicted molar refractivity (Wildman–Crippen MR) is 107 cm³/mol. The van der Waals surface area contributed by atoms with Gasteiger partial charge in [-0.15, -0.1) is 0 Å². The summed E-state index contributed by atoms with van der Waals surface area (Å²) < 4.78 is 0. The van der Waals surface area contributed by atoms with Crippen molar-refractivity contribution in [1.82, 2.24) is 10.2 Å². The van der Waals surface area contributed by atoms with Crippen LogP contribution < -0.4 is 10.2 Å². The van der Waals surface area contributed by atoms with Gasteiger partial charge >= 0.3 is 0 Å². The zero-order chi connectivity index (χ0) is 19.9. The maximum Gasteiger partial charge on any atom is 0.257 e. The molecule has 1 saturated heterocycles. The second-order valence-corrected chi connectivity index (χ2v) is 8.69. The van der Waals surface area contributed by atoms with Crippen LogP contribution in [0.2, 0.25) is 0 Å². The maximum atomic E-state index is 13.2. The van der Waals surface area contributed by atoms with Gasteiger partial charge in [0.25, 0.3) is 5.91 Å². The van der Waals surface area contributed by atoms with E-state index in [0.717, 1.165) is 31.6 Å². The minimum atomic E-state index is -0.691. The average molecular weight is 383 g/mol. The number of hydrogen-bond acceptors (Lipinski definition) is 3. The van der Waals surface area contributed by atoms with Gasteiger partial charge in [0.2, 0.25) is 11.8 Å². The van der Waals surface area contributed by atoms with E-state index in [9.17, 15) is 14.4 Å². The smallest absolute Gasteiger partial charge is 0.257 e. The van der Waals surface area contributed by atoms with Crippen molar-refractivity contribution in [2.24, 2.45) is 5.92 Å². The summed E-state index contributed by atoms with van der Waals surface area (Å²) in [5, 5.41) is 3.14. The fourth-order valence-corrected chi connectivity index (χ4v) is 4.96. The topological polar surface area (TPSA) is 69.7 Å². The van der Waals surface area contributed by atoms with E-state index in [0.29, 0.717) is 30.6 Å². The normalized spacial score (nSPS) is 29.5. The summed E-state index contributed by atoms with van der Waals surface area (Å²) in [4.78, 5) is 41.7. The standard InChI is InChI=1S/C22H29N3O3/c1-15-7-9-16(10-8-15)23-19(26)12-14-24-21(28)17-5-3-4-6-18(17)25-20(27)11-13-22(24,25)2/h3-6,15-16H,7-14H2,1-2H3,(H,23,26). The molecule has 6 heteroatoms. The lowest BCUT2D eigenvalue weighted by atomic mass is 9.87. The van der Waals surface area contributed by atoms with Gasteiger partial charge in [0, 0.05) is 25.4 Å². The van der Waals surface area contributed by atoms with Crippen molar-refractivity contribution < 1.29 is 14.4 Å². The number of carbonyl (C=O) groups is 3. The third-order valence-corrected chi connectivity index (χ3v) is 6.69. The number of carbonyl (C=O) groups excluding carboxylic acids is 3. The van der Waals surface area contributed by atoms with Crippen LogP contribution in [-0.4, -0.2) is 40.9 Å². The highest BCUT2D eigenvalue weighted by molar-refractivity contribution is 6.10. The molecular formula is C22H29N3O3. The Morgan fingerprint density at radius 1 is 1.18 bits per heavy atom. The first-order chi connectivity index (χ1) is 13.4. The second kappa shape index (κ2) is 7.22. The van der Waals surface area contributed by atoms with E-state index < -0.39 is 5.66 Å². The van der Waals surface area contributed by atoms with E-state index >= 15 is 0 Å². The van der Waals surface area contributed by atoms with Crippen LogP contribution in [0.5, 0.6) is 0 Å². The Bertz CT molecular complexity index is 800. The molecule has 28 heavy (non-hydrogen) atoms. The fourth-order valence-electron chi connectivity index (χ4n) is 4.96. The lowest BCUT2D eigenvalue weighted by Crippen LogP contribution is -2.62. The van der Waals surface area contributed by atoms with E-state index in [4.69, 9.17) is 0 Å². The lowest BCUT2D eigenvalue weighted by molar-refractivity contribution is -0.122. The highest BCUT2D eigenvalue weighted by Gasteiger charge is 2.52. The van der Waals surface area contributed by atoms with Crippen LogP contribution in [0.15, 0.2) is 24.3 Å². The summed E-state index contributed by atoms with van der Waals surface area (Å²) in [6.07, 6.45) is 5.64. The number of benzene rings is 1. The van der Waals surface area contributed by atoms with Crippen LogP contribution in [0, 0.1) is 5.92 Å². The van der Waals surface area contributed by atoms with E-state index in [1.807, 2.05) is 25.1 Å². The minimum absolute atomic E-state index is 0.00862. The second-order valence-electron chi connectivity index (χ2n) is 8.69. The summed E-state index contributed by atoms with van der Waals surface area (Å²) in [6, 6.07) is 7.52. The molecule has 1 aliphatic carbocycles. The SMILES string of the molecule is CC1CCC(NC(=O)CCN2C(=O)c3ccccc3N3C(=O)CCC23C)CC1. The number of para-hydroxylation sites is 1. The van der Waals surface area contributed by atoms with E-state index in [1.165, 1.54) is 0 Å². The van der Waals surface area contributed by atoms with Crippen LogP contribution in [0.3, 0.4) is 0 Å². The highest BCUT2D eigenvalue weighted by atomic mass is 16.2. The quantitative estimate of drug-likeness (QED) is 0.869. The number of hydrogen-bond donors (Lipinski definition) is 1. The molecule has 2 heterocycles. The Balaban J connectivity index is 1.47. The molecule has 1 aromatic rings. The van der Waals surface area contributed by atoms with Gasteiger partial charge in [-0.1, -0.05) is 19.1 Å². The molecule has 1 N–H and O–H groups in total. The minimum Gasteiger partial charge on any atom is -0.353 e. The monoisotopic (exact) mass is 383 g/mol. The molecule has 1 aromatic carbocycles. The number of amides is 3. The van der Waals surface area contributed by atoms with Gasteiger partial charge in [0.15, 0.2) is 0 Å². The molecule has 1 unspecified atom stereocenters. The van der Waals surface area contributed by atoms with Gasteiger partial charge in [-0.2, -0.15) is 0 Å². The first-order valence-corrected chi connectivity index (χ1v) is 10.4. The average Bonchev–Trinajstić information content (AvgIpc) is 2.99. The Kier molecular flexibility index (Phi) is 4.89. The summed E-state index contributed by atoms with van der Waals surface area (Å²) in [5.74, 6) is 0.673. The Morgan fingerprint density at radius 3 is 2.64 bits per heavy atom. The fraction of sp³-hybridized carbons (Fsp3) is 0.591. The third kappa shape index (κ3) is 3.19. The van der Waals surface area contributed by atoms with Crippen LogP contribution >= 0.6 is 0 Å². The van der Waals surface area contributed by atoms with Crippen molar-refractivity contribution in [2.75, 3.05) is 11.4 Å². The Morgan fingerprint density at radius 2 is 1.89 bits per heavy atom. The van der Waals surface area contributed by atoms with Gasteiger partial charge < -0.3 is 10.2 Å². The Hall–Kier alpha value is -2.37. The molecule has 4 rings (SSSR count). The van der Waals surface area contributed by atoms with Crippen molar-refractivity contribution in [3.8, 4) is 0 Å². The van der Waals surface area contributed by atoms with E-state index in [-0.39, 0.29) is 30.2 Å². The number of nitrogens with one attached hydrogen (secondary N) is 1. The summed E-state index contributed by atoms with van der Waals surface area (Å²) >= 11 is 0. The first-order valence-electron chi connectivity index (χ1n) is 10.4. The van der Waals surface area contributed by atoms with E-state index in [2.05, 4.69) is 12.2 Å². The molecule has 0 bridgehead atoms. The molecule has 1 saturated carbocycles. The molecule has 1 atom stereocenters. The molecule has 150 valence electrons.